The monoisotopic (exact) mass is 389 g/mol. The minimum absolute atomic E-state index is 0.0643. The molecule has 0 spiro atoms. The molecule has 4 rings (SSSR count). The molecule has 1 atom stereocenters. The van der Waals surface area contributed by atoms with Crippen molar-refractivity contribution in [1.82, 2.24) is 15.5 Å². The molecule has 0 radical (unpaired) electrons. The van der Waals surface area contributed by atoms with Gasteiger partial charge in [0.05, 0.1) is 5.69 Å². The van der Waals surface area contributed by atoms with Crippen molar-refractivity contribution in [3.63, 3.8) is 0 Å². The molecular formula is C22H23N5O2. The zero-order chi connectivity index (χ0) is 20.2. The van der Waals surface area contributed by atoms with Crippen LogP contribution in [-0.4, -0.2) is 41.1 Å². The molecule has 2 amide bonds. The second-order valence-corrected chi connectivity index (χ2v) is 7.17. The molecule has 29 heavy (non-hydrogen) atoms. The highest BCUT2D eigenvalue weighted by molar-refractivity contribution is 5.95. The summed E-state index contributed by atoms with van der Waals surface area (Å²) < 4.78 is 0. The van der Waals surface area contributed by atoms with E-state index in [-0.39, 0.29) is 17.9 Å². The fraction of sp³-hybridized carbons (Fsp3) is 0.227. The molecule has 1 fully saturated rings. The van der Waals surface area contributed by atoms with Gasteiger partial charge < -0.3 is 15.5 Å². The molecule has 1 saturated heterocycles. The third-order valence-corrected chi connectivity index (χ3v) is 4.96. The van der Waals surface area contributed by atoms with Gasteiger partial charge in [0.15, 0.2) is 5.82 Å². The van der Waals surface area contributed by atoms with Gasteiger partial charge in [-0.15, -0.1) is 0 Å². The second-order valence-electron chi connectivity index (χ2n) is 7.17. The smallest absolute Gasteiger partial charge is 0.251 e. The van der Waals surface area contributed by atoms with Crippen LogP contribution in [-0.2, 0) is 4.79 Å². The highest BCUT2D eigenvalue weighted by Crippen LogP contribution is 2.24. The Morgan fingerprint density at radius 1 is 1.10 bits per heavy atom. The largest absolute Gasteiger partial charge is 0.353 e. The molecule has 0 bridgehead atoms. The van der Waals surface area contributed by atoms with Crippen molar-refractivity contribution in [3.8, 4) is 11.3 Å². The maximum Gasteiger partial charge on any atom is 0.251 e. The van der Waals surface area contributed by atoms with Crippen LogP contribution in [0.4, 0.5) is 11.5 Å². The van der Waals surface area contributed by atoms with Gasteiger partial charge in [-0.3, -0.25) is 14.7 Å². The molecule has 1 aliphatic rings. The molecule has 2 heterocycles. The van der Waals surface area contributed by atoms with Gasteiger partial charge in [-0.25, -0.2) is 0 Å². The van der Waals surface area contributed by atoms with Crippen LogP contribution in [0.2, 0.25) is 0 Å². The van der Waals surface area contributed by atoms with Crippen molar-refractivity contribution in [1.29, 1.82) is 0 Å². The van der Waals surface area contributed by atoms with Gasteiger partial charge in [0, 0.05) is 43.4 Å². The first-order valence-corrected chi connectivity index (χ1v) is 9.63. The molecule has 2 aromatic carbocycles. The molecule has 1 aliphatic heterocycles. The van der Waals surface area contributed by atoms with Crippen LogP contribution in [0, 0.1) is 0 Å². The van der Waals surface area contributed by atoms with Crippen molar-refractivity contribution < 1.29 is 9.59 Å². The van der Waals surface area contributed by atoms with E-state index in [0.717, 1.165) is 36.6 Å². The predicted molar refractivity (Wildman–Crippen MR) is 113 cm³/mol. The summed E-state index contributed by atoms with van der Waals surface area (Å²) in [4.78, 5) is 25.8. The van der Waals surface area contributed by atoms with Crippen LogP contribution in [0.3, 0.4) is 0 Å². The number of nitrogens with zero attached hydrogens (tertiary/aromatic N) is 2. The van der Waals surface area contributed by atoms with Crippen molar-refractivity contribution in [2.24, 2.45) is 0 Å². The van der Waals surface area contributed by atoms with E-state index in [9.17, 15) is 9.59 Å². The van der Waals surface area contributed by atoms with Crippen molar-refractivity contribution in [3.05, 3.63) is 66.2 Å². The Hall–Kier alpha value is -3.61. The van der Waals surface area contributed by atoms with Gasteiger partial charge in [0.1, 0.15) is 0 Å². The van der Waals surface area contributed by atoms with Crippen molar-refractivity contribution in [2.45, 2.75) is 19.4 Å². The quantitative estimate of drug-likeness (QED) is 0.626. The van der Waals surface area contributed by atoms with Gasteiger partial charge in [-0.2, -0.15) is 5.10 Å². The lowest BCUT2D eigenvalue weighted by Crippen LogP contribution is -2.37. The fourth-order valence-electron chi connectivity index (χ4n) is 3.50. The molecule has 3 N–H and O–H groups in total. The maximum absolute atomic E-state index is 12.5. The van der Waals surface area contributed by atoms with E-state index in [1.807, 2.05) is 36.4 Å². The maximum atomic E-state index is 12.5. The third kappa shape index (κ3) is 4.45. The Morgan fingerprint density at radius 3 is 2.59 bits per heavy atom. The summed E-state index contributed by atoms with van der Waals surface area (Å²) >= 11 is 0. The lowest BCUT2D eigenvalue weighted by Gasteiger charge is -2.16. The van der Waals surface area contributed by atoms with Gasteiger partial charge in [-0.1, -0.05) is 30.3 Å². The summed E-state index contributed by atoms with van der Waals surface area (Å²) in [5.41, 5.74) is 3.32. The second kappa shape index (κ2) is 8.18. The van der Waals surface area contributed by atoms with Gasteiger partial charge >= 0.3 is 0 Å². The van der Waals surface area contributed by atoms with E-state index >= 15 is 0 Å². The van der Waals surface area contributed by atoms with E-state index in [1.54, 1.807) is 24.3 Å². The van der Waals surface area contributed by atoms with Crippen LogP contribution in [0.15, 0.2) is 60.7 Å². The SMILES string of the molecule is CC(=O)Nc1ccc(C(=O)NC2CCN(c3cc(-c4ccccc4)[nH]n3)C2)cc1. The number of benzene rings is 2. The minimum Gasteiger partial charge on any atom is -0.353 e. The zero-order valence-corrected chi connectivity index (χ0v) is 16.2. The molecule has 3 aromatic rings. The Labute approximate surface area is 169 Å². The lowest BCUT2D eigenvalue weighted by atomic mass is 10.1. The average Bonchev–Trinajstić information content (AvgIpc) is 3.38. The molecular weight excluding hydrogens is 366 g/mol. The predicted octanol–water partition coefficient (Wildman–Crippen LogP) is 3.04. The van der Waals surface area contributed by atoms with Crippen LogP contribution >= 0.6 is 0 Å². The molecule has 0 saturated carbocycles. The number of aromatic nitrogens is 2. The number of hydrogen-bond donors (Lipinski definition) is 3. The van der Waals surface area contributed by atoms with Crippen LogP contribution in [0.25, 0.3) is 11.3 Å². The standard InChI is InChI=1S/C22H23N5O2/c1-15(28)23-18-9-7-17(8-10-18)22(29)24-19-11-12-27(14-19)21-13-20(25-26-21)16-5-3-2-4-6-16/h2-10,13,19H,11-12,14H2,1H3,(H,23,28)(H,24,29)(H,25,26). The van der Waals surface area contributed by atoms with Gasteiger partial charge in [0.25, 0.3) is 5.91 Å². The third-order valence-electron chi connectivity index (χ3n) is 4.96. The highest BCUT2D eigenvalue weighted by atomic mass is 16.2. The first kappa shape index (κ1) is 18.7. The van der Waals surface area contributed by atoms with Crippen LogP contribution < -0.4 is 15.5 Å². The molecule has 1 unspecified atom stereocenters. The number of carbonyl (C=O) groups is 2. The number of anilines is 2. The summed E-state index contributed by atoms with van der Waals surface area (Å²) in [6, 6.07) is 19.1. The van der Waals surface area contributed by atoms with Crippen molar-refractivity contribution >= 4 is 23.3 Å². The molecule has 7 heteroatoms. The van der Waals surface area contributed by atoms with Crippen LogP contribution in [0.1, 0.15) is 23.7 Å². The Kier molecular flexibility index (Phi) is 5.29. The fourth-order valence-corrected chi connectivity index (χ4v) is 3.50. The molecule has 7 nitrogen and oxygen atoms in total. The number of H-pyrrole nitrogens is 1. The highest BCUT2D eigenvalue weighted by Gasteiger charge is 2.26. The summed E-state index contributed by atoms with van der Waals surface area (Å²) in [5.74, 6) is 0.639. The topological polar surface area (TPSA) is 90.1 Å². The lowest BCUT2D eigenvalue weighted by molar-refractivity contribution is -0.114. The Morgan fingerprint density at radius 2 is 1.86 bits per heavy atom. The zero-order valence-electron chi connectivity index (χ0n) is 16.2. The Bertz CT molecular complexity index is 998. The number of carbonyl (C=O) groups excluding carboxylic acids is 2. The number of nitrogens with one attached hydrogen (secondary N) is 3. The van der Waals surface area contributed by atoms with Gasteiger partial charge in [0.2, 0.25) is 5.91 Å². The summed E-state index contributed by atoms with van der Waals surface area (Å²) in [5, 5.41) is 13.3. The van der Waals surface area contributed by atoms with E-state index < -0.39 is 0 Å². The van der Waals surface area contributed by atoms with Crippen molar-refractivity contribution in [2.75, 3.05) is 23.3 Å². The molecule has 0 aliphatic carbocycles. The number of hydrogen-bond acceptors (Lipinski definition) is 4. The molecule has 1 aromatic heterocycles. The van der Waals surface area contributed by atoms with E-state index in [1.165, 1.54) is 6.92 Å². The normalized spacial score (nSPS) is 15.9. The summed E-state index contributed by atoms with van der Waals surface area (Å²) in [6.07, 6.45) is 0.864. The van der Waals surface area contributed by atoms with E-state index in [4.69, 9.17) is 0 Å². The summed E-state index contributed by atoms with van der Waals surface area (Å²) in [6.45, 7) is 3.01. The average molecular weight is 389 g/mol. The number of rotatable bonds is 5. The first-order valence-electron chi connectivity index (χ1n) is 9.63. The van der Waals surface area contributed by atoms with Gasteiger partial charge in [-0.05, 0) is 36.2 Å². The number of amides is 2. The summed E-state index contributed by atoms with van der Waals surface area (Å²) in [7, 11) is 0. The first-order chi connectivity index (χ1) is 14.1. The van der Waals surface area contributed by atoms with Crippen LogP contribution in [0.5, 0.6) is 0 Å². The Balaban J connectivity index is 1.35. The number of aromatic amines is 1. The molecule has 148 valence electrons. The van der Waals surface area contributed by atoms with E-state index in [0.29, 0.717) is 11.3 Å². The minimum atomic E-state index is -0.137. The van der Waals surface area contributed by atoms with E-state index in [2.05, 4.69) is 25.7 Å².